The number of hydrogen-bond acceptors (Lipinski definition) is 4. The second-order valence-electron chi connectivity index (χ2n) is 6.54. The Hall–Kier alpha value is -1.73. The van der Waals surface area contributed by atoms with E-state index in [1.54, 1.807) is 19.1 Å². The molecule has 1 aliphatic carbocycles. The fourth-order valence-corrected chi connectivity index (χ4v) is 5.46. The van der Waals surface area contributed by atoms with Crippen molar-refractivity contribution in [2.75, 3.05) is 6.54 Å². The monoisotopic (exact) mass is 351 g/mol. The van der Waals surface area contributed by atoms with Gasteiger partial charge in [0.1, 0.15) is 0 Å². The molecule has 0 radical (unpaired) electrons. The van der Waals surface area contributed by atoms with Gasteiger partial charge in [0.25, 0.3) is 0 Å². The summed E-state index contributed by atoms with van der Waals surface area (Å²) in [6.07, 6.45) is 2.95. The molecular formula is C17H21NO5S. The molecule has 2 atom stereocenters. The molecule has 0 saturated carbocycles. The number of sulfonamides is 1. The van der Waals surface area contributed by atoms with Crippen molar-refractivity contribution in [3.63, 3.8) is 0 Å². The lowest BCUT2D eigenvalue weighted by atomic mass is 9.91. The Bertz CT molecular complexity index is 786. The number of carboxylic acids is 1. The number of nitrogens with zero attached hydrogens (tertiary/aromatic N) is 1. The molecule has 24 heavy (non-hydrogen) atoms. The summed E-state index contributed by atoms with van der Waals surface area (Å²) in [5, 5.41) is 9.29. The fraction of sp³-hybridized carbons (Fsp3) is 0.529. The standard InChI is InChI=1S/C17H21NO5S/c1-11-14(17(20)21)5-3-9-18(11)24(22,23)13-7-8-15-12(10-13)4-2-6-16(15)19/h7-8,10-11,14H,2-6,9H2,1H3,(H,20,21)/t11-,14-/m1/s1. The minimum absolute atomic E-state index is 0.0532. The van der Waals surface area contributed by atoms with Gasteiger partial charge in [-0.25, -0.2) is 8.42 Å². The molecule has 0 aromatic heterocycles. The fourth-order valence-electron chi connectivity index (χ4n) is 3.70. The number of benzene rings is 1. The number of Topliss-reactive ketones (excluding diaryl/α,β-unsaturated/α-hetero) is 1. The van der Waals surface area contributed by atoms with Crippen LogP contribution in [0.25, 0.3) is 0 Å². The number of rotatable bonds is 3. The summed E-state index contributed by atoms with van der Waals surface area (Å²) < 4.78 is 27.3. The smallest absolute Gasteiger partial charge is 0.308 e. The van der Waals surface area contributed by atoms with E-state index < -0.39 is 28.0 Å². The number of carboxylic acid groups (broad SMARTS) is 1. The lowest BCUT2D eigenvalue weighted by Gasteiger charge is -2.36. The molecule has 3 rings (SSSR count). The van der Waals surface area contributed by atoms with Crippen LogP contribution in [-0.2, 0) is 21.2 Å². The summed E-state index contributed by atoms with van der Waals surface area (Å²) in [4.78, 5) is 23.4. The van der Waals surface area contributed by atoms with E-state index in [4.69, 9.17) is 0 Å². The van der Waals surface area contributed by atoms with Crippen molar-refractivity contribution in [1.82, 2.24) is 4.31 Å². The number of hydrogen-bond donors (Lipinski definition) is 1. The quantitative estimate of drug-likeness (QED) is 0.900. The zero-order valence-electron chi connectivity index (χ0n) is 13.6. The largest absolute Gasteiger partial charge is 0.481 e. The van der Waals surface area contributed by atoms with Crippen LogP contribution in [0, 0.1) is 5.92 Å². The maximum atomic E-state index is 13.0. The summed E-state index contributed by atoms with van der Waals surface area (Å²) in [7, 11) is -3.77. The Morgan fingerprint density at radius 1 is 1.25 bits per heavy atom. The molecule has 1 aromatic rings. The van der Waals surface area contributed by atoms with Crippen LogP contribution in [0.4, 0.5) is 0 Å². The van der Waals surface area contributed by atoms with E-state index in [0.717, 1.165) is 12.0 Å². The van der Waals surface area contributed by atoms with Crippen molar-refractivity contribution in [2.45, 2.75) is 50.0 Å². The predicted octanol–water partition coefficient (Wildman–Crippen LogP) is 2.08. The topological polar surface area (TPSA) is 91.8 Å². The highest BCUT2D eigenvalue weighted by Gasteiger charge is 2.39. The van der Waals surface area contributed by atoms with E-state index in [2.05, 4.69) is 0 Å². The summed E-state index contributed by atoms with van der Waals surface area (Å²) in [5.74, 6) is -1.59. The Morgan fingerprint density at radius 3 is 2.71 bits per heavy atom. The molecule has 7 heteroatoms. The molecule has 2 aliphatic rings. The molecule has 1 N–H and O–H groups in total. The van der Waals surface area contributed by atoms with Gasteiger partial charge < -0.3 is 5.11 Å². The second kappa shape index (κ2) is 6.29. The number of carbonyl (C=O) groups excluding carboxylic acids is 1. The maximum absolute atomic E-state index is 13.0. The van der Waals surface area contributed by atoms with Crippen LogP contribution in [-0.4, -0.2) is 42.2 Å². The van der Waals surface area contributed by atoms with Gasteiger partial charge in [-0.05, 0) is 56.4 Å². The van der Waals surface area contributed by atoms with E-state index >= 15 is 0 Å². The van der Waals surface area contributed by atoms with E-state index in [1.807, 2.05) is 0 Å². The van der Waals surface area contributed by atoms with Gasteiger partial charge in [0.05, 0.1) is 10.8 Å². The number of carbonyl (C=O) groups is 2. The molecule has 0 amide bonds. The van der Waals surface area contributed by atoms with Crippen molar-refractivity contribution >= 4 is 21.8 Å². The van der Waals surface area contributed by atoms with Crippen LogP contribution in [0.15, 0.2) is 23.1 Å². The molecule has 1 saturated heterocycles. The summed E-state index contributed by atoms with van der Waals surface area (Å²) in [6, 6.07) is 4.05. The normalized spacial score (nSPS) is 25.3. The van der Waals surface area contributed by atoms with Crippen molar-refractivity contribution in [3.8, 4) is 0 Å². The molecule has 0 unspecified atom stereocenters. The number of piperidine rings is 1. The zero-order valence-corrected chi connectivity index (χ0v) is 14.4. The lowest BCUT2D eigenvalue weighted by molar-refractivity contribution is -0.144. The Kier molecular flexibility index (Phi) is 4.48. The third-order valence-corrected chi connectivity index (χ3v) is 7.06. The van der Waals surface area contributed by atoms with Crippen molar-refractivity contribution < 1.29 is 23.1 Å². The molecule has 0 spiro atoms. The number of aliphatic carboxylic acids is 1. The minimum atomic E-state index is -3.77. The zero-order chi connectivity index (χ0) is 17.5. The summed E-state index contributed by atoms with van der Waals surface area (Å²) in [6.45, 7) is 1.97. The van der Waals surface area contributed by atoms with E-state index in [9.17, 15) is 23.1 Å². The first kappa shape index (κ1) is 17.1. The number of fused-ring (bicyclic) bond motifs is 1. The minimum Gasteiger partial charge on any atom is -0.481 e. The van der Waals surface area contributed by atoms with E-state index in [1.165, 1.54) is 10.4 Å². The van der Waals surface area contributed by atoms with Crippen LogP contribution in [0.5, 0.6) is 0 Å². The lowest BCUT2D eigenvalue weighted by Crippen LogP contribution is -2.49. The van der Waals surface area contributed by atoms with Gasteiger partial charge >= 0.3 is 5.97 Å². The molecule has 1 heterocycles. The van der Waals surface area contributed by atoms with Crippen LogP contribution in [0.2, 0.25) is 0 Å². The maximum Gasteiger partial charge on any atom is 0.308 e. The van der Waals surface area contributed by atoms with Crippen molar-refractivity contribution in [1.29, 1.82) is 0 Å². The average Bonchev–Trinajstić information content (AvgIpc) is 2.54. The van der Waals surface area contributed by atoms with Crippen molar-refractivity contribution in [3.05, 3.63) is 29.3 Å². The first-order valence-corrected chi connectivity index (χ1v) is 9.67. The first-order chi connectivity index (χ1) is 11.3. The van der Waals surface area contributed by atoms with Crippen LogP contribution in [0.3, 0.4) is 0 Å². The highest BCUT2D eigenvalue weighted by Crippen LogP contribution is 2.31. The van der Waals surface area contributed by atoms with Crippen molar-refractivity contribution in [2.24, 2.45) is 5.92 Å². The average molecular weight is 351 g/mol. The van der Waals surface area contributed by atoms with Gasteiger partial charge in [0.2, 0.25) is 10.0 Å². The SMILES string of the molecule is C[C@@H]1[C@H](C(=O)O)CCCN1S(=O)(=O)c1ccc2c(c1)CCCC2=O. The number of aryl methyl sites for hydroxylation is 1. The molecule has 130 valence electrons. The molecule has 6 nitrogen and oxygen atoms in total. The van der Waals surface area contributed by atoms with Crippen LogP contribution >= 0.6 is 0 Å². The van der Waals surface area contributed by atoms with Gasteiger partial charge in [-0.1, -0.05) is 0 Å². The predicted molar refractivity (Wildman–Crippen MR) is 87.4 cm³/mol. The Balaban J connectivity index is 1.96. The molecule has 1 fully saturated rings. The summed E-state index contributed by atoms with van der Waals surface area (Å²) >= 11 is 0. The highest BCUT2D eigenvalue weighted by molar-refractivity contribution is 7.89. The van der Waals surface area contributed by atoms with Crippen LogP contribution < -0.4 is 0 Å². The molecular weight excluding hydrogens is 330 g/mol. The Morgan fingerprint density at radius 2 is 2.00 bits per heavy atom. The third kappa shape index (κ3) is 2.86. The van der Waals surface area contributed by atoms with E-state index in [0.29, 0.717) is 37.8 Å². The van der Waals surface area contributed by atoms with Gasteiger partial charge in [0, 0.05) is 24.6 Å². The molecule has 1 aliphatic heterocycles. The van der Waals surface area contributed by atoms with Gasteiger partial charge in [-0.3, -0.25) is 9.59 Å². The molecule has 1 aromatic carbocycles. The van der Waals surface area contributed by atoms with Gasteiger partial charge in [0.15, 0.2) is 5.78 Å². The summed E-state index contributed by atoms with van der Waals surface area (Å²) in [5.41, 5.74) is 1.38. The van der Waals surface area contributed by atoms with Crippen LogP contribution in [0.1, 0.15) is 48.5 Å². The highest BCUT2D eigenvalue weighted by atomic mass is 32.2. The molecule has 0 bridgehead atoms. The van der Waals surface area contributed by atoms with Gasteiger partial charge in [-0.15, -0.1) is 0 Å². The number of ketones is 1. The van der Waals surface area contributed by atoms with Gasteiger partial charge in [-0.2, -0.15) is 4.31 Å². The Labute approximate surface area is 141 Å². The third-order valence-electron chi connectivity index (χ3n) is 5.08. The van der Waals surface area contributed by atoms with E-state index in [-0.39, 0.29) is 10.7 Å². The first-order valence-electron chi connectivity index (χ1n) is 8.23. The second-order valence-corrected chi connectivity index (χ2v) is 8.43.